The minimum Gasteiger partial charge on any atom is -0.743 e. The highest BCUT2D eigenvalue weighted by atomic mass is 32.2. The highest BCUT2D eigenvalue weighted by Gasteiger charge is 2.83. The number of cyclic esters (lactones) is 1. The molecule has 7 aliphatic rings. The Hall–Kier alpha value is -6.00. The highest BCUT2D eigenvalue weighted by Crippen LogP contribution is 2.64. The van der Waals surface area contributed by atoms with Crippen molar-refractivity contribution in [2.75, 3.05) is 13.2 Å². The van der Waals surface area contributed by atoms with Gasteiger partial charge in [0.2, 0.25) is 5.60 Å². The second kappa shape index (κ2) is 31.6. The van der Waals surface area contributed by atoms with E-state index in [-0.39, 0.29) is 89.7 Å². The van der Waals surface area contributed by atoms with E-state index in [4.69, 9.17) is 23.7 Å². The zero-order valence-electron chi connectivity index (χ0n) is 61.4. The topological polar surface area (TPSA) is 265 Å². The maximum absolute atomic E-state index is 14.0. The number of carbonyl (C=O) groups excluding carboxylic acids is 6. The number of thiophene rings is 1. The summed E-state index contributed by atoms with van der Waals surface area (Å²) in [5, 5.41) is 17.2. The maximum Gasteiger partial charge on any atom is 0.449 e. The van der Waals surface area contributed by atoms with E-state index < -0.39 is 96.4 Å². The summed E-state index contributed by atoms with van der Waals surface area (Å²) in [7, 11) is -5.92. The number of benzene rings is 3. The van der Waals surface area contributed by atoms with Gasteiger partial charge in [0.1, 0.15) is 24.4 Å². The van der Waals surface area contributed by atoms with Crippen LogP contribution in [0.15, 0.2) is 78.9 Å². The zero-order chi connectivity index (χ0) is 77.1. The molecule has 0 radical (unpaired) electrons. The molecule has 6 unspecified atom stereocenters. The number of carbonyl (C=O) groups is 6. The summed E-state index contributed by atoms with van der Waals surface area (Å²) in [6, 6.07) is 28.4. The number of alkyl halides is 7. The summed E-state index contributed by atoms with van der Waals surface area (Å²) in [5.41, 5.74) is -8.19. The van der Waals surface area contributed by atoms with E-state index in [9.17, 15) is 82.7 Å². The molecule has 0 spiro atoms. The Balaban J connectivity index is 0.000000205. The second-order valence-corrected chi connectivity index (χ2v) is 34.9. The molecule has 1 aromatic heterocycles. The van der Waals surface area contributed by atoms with Gasteiger partial charge in [0.25, 0.3) is 0 Å². The molecule has 2 aliphatic heterocycles. The molecular weight excluding hydrogens is 1390 g/mol. The molecule has 3 heterocycles. The normalized spacial score (nSPS) is 26.6. The van der Waals surface area contributed by atoms with Crippen molar-refractivity contribution in [2.45, 2.75) is 265 Å². The number of aliphatic hydroxyl groups is 2. The number of ether oxygens (including phenoxy) is 7. The van der Waals surface area contributed by atoms with Gasteiger partial charge in [-0.1, -0.05) is 70.2 Å². The number of esters is 6. The van der Waals surface area contributed by atoms with Gasteiger partial charge in [-0.15, -0.1) is 0 Å². The summed E-state index contributed by atoms with van der Waals surface area (Å²) in [6.07, 6.45) is 0.758. The van der Waals surface area contributed by atoms with Crippen LogP contribution in [0, 0.1) is 44.8 Å². The first-order chi connectivity index (χ1) is 46.8. The monoisotopic (exact) mass is 1490 g/mol. The van der Waals surface area contributed by atoms with Gasteiger partial charge in [0, 0.05) is 27.7 Å². The van der Waals surface area contributed by atoms with Crippen LogP contribution in [0.4, 0.5) is 30.7 Å². The lowest BCUT2D eigenvalue weighted by Gasteiger charge is -2.60. The Kier molecular flexibility index (Phi) is 26.3. The van der Waals surface area contributed by atoms with Crippen LogP contribution in [0.5, 0.6) is 0 Å². The standard InChI is InChI=1S/C20H30F2O7S.C18H13S.C15H28O3.C12H17F5O4.C10H16O4/c1-5-17(3,4)15(23)29-19-9-13-6-14(10-19)8-18(7-13,11-19)16(24)28-12(2)20(21,22)30(25,26)27;1-2-8-14(9-3-1)19-17-12-6-4-10-15(17)16-11-5-7-13-18(16)19;1-6-14(2,3)13(16)18-12-9-7-11(8-10-12)15(4,5)17;1-5-8(2,3)7(18)21-9(4)6-20-11(19,10(9,13)14)12(15,16)17;1-4-10(2,3)9(12)14-7-5-8(11)13-6-7/h12-14H,5-11H2,1-4H3,(H,25,26,27);1-13H;11-12,17H,6-10H2,1-5H3;19H,5-6H2,1-4H3;7H,4-6H2,1-3H3/q;+1;;;/p-1. The third-order valence-electron chi connectivity index (χ3n) is 21.5. The van der Waals surface area contributed by atoms with E-state index in [0.717, 1.165) is 38.5 Å². The molecule has 5 saturated carbocycles. The fraction of sp³-hybridized carbons (Fsp3) is 0.680. The lowest BCUT2D eigenvalue weighted by Crippen LogP contribution is -2.63. The molecule has 7 fully saturated rings. The molecule has 4 bridgehead atoms. The summed E-state index contributed by atoms with van der Waals surface area (Å²) < 4.78 is 164. The van der Waals surface area contributed by atoms with Crippen molar-refractivity contribution >= 4 is 76.6 Å². The quantitative estimate of drug-likeness (QED) is 0.0308. The van der Waals surface area contributed by atoms with E-state index >= 15 is 0 Å². The predicted octanol–water partition coefficient (Wildman–Crippen LogP) is 16.3. The van der Waals surface area contributed by atoms with Crippen LogP contribution < -0.4 is 0 Å². The molecule has 2 saturated heterocycles. The number of rotatable bonds is 18. The van der Waals surface area contributed by atoms with Crippen molar-refractivity contribution in [3.8, 4) is 4.90 Å². The second-order valence-electron chi connectivity index (χ2n) is 31.5. The third kappa shape index (κ3) is 18.8. The first-order valence-corrected chi connectivity index (χ1v) is 37.5. The molecule has 4 aromatic rings. The number of hydrogen-bond acceptors (Lipinski definition) is 18. The van der Waals surface area contributed by atoms with Crippen molar-refractivity contribution in [1.29, 1.82) is 0 Å². The van der Waals surface area contributed by atoms with E-state index in [1.807, 2.05) is 62.3 Å². The fourth-order valence-corrected chi connectivity index (χ4v) is 16.1. The van der Waals surface area contributed by atoms with Gasteiger partial charge in [-0.05, 0) is 221 Å². The molecule has 27 heteroatoms. The molecule has 2 N–H and O–H groups in total. The summed E-state index contributed by atoms with van der Waals surface area (Å²) in [4.78, 5) is 73.2. The Morgan fingerprint density at radius 2 is 1.08 bits per heavy atom. The first kappa shape index (κ1) is 84.9. The molecule has 572 valence electrons. The van der Waals surface area contributed by atoms with Crippen LogP contribution in [-0.4, -0.2) is 130 Å². The Bertz CT molecular complexity index is 3660. The SMILES string of the molecule is CCC(C)(C)C(=O)OC1(C)COC(O)(C(F)(F)F)C1(F)F.CCC(C)(C)C(=O)OC12CC3CC(C1)CC(C(=O)OC(C)C(F)(F)S(=O)(=O)[O-])(C3)C2.CCC(C)(C)C(=O)OC1CCC(C(C)(C)O)CC1.CCC(C)(C)C(=O)OC1COC(=O)C1.c1ccc(-[s+]2c3ccccc3c3ccccc32)cc1. The van der Waals surface area contributed by atoms with Crippen LogP contribution in [0.2, 0.25) is 0 Å². The van der Waals surface area contributed by atoms with Crippen molar-refractivity contribution in [2.24, 2.45) is 44.8 Å². The lowest BCUT2D eigenvalue weighted by atomic mass is 9.48. The van der Waals surface area contributed by atoms with Gasteiger partial charge in [-0.2, -0.15) is 30.7 Å². The molecule has 0 amide bonds. The van der Waals surface area contributed by atoms with Gasteiger partial charge < -0.3 is 47.9 Å². The predicted molar refractivity (Wildman–Crippen MR) is 368 cm³/mol. The van der Waals surface area contributed by atoms with Gasteiger partial charge in [0.15, 0.2) is 30.5 Å². The summed E-state index contributed by atoms with van der Waals surface area (Å²) in [5.74, 6) is -12.1. The number of halogens is 7. The fourth-order valence-electron chi connectivity index (χ4n) is 13.2. The van der Waals surface area contributed by atoms with E-state index in [0.29, 0.717) is 58.3 Å². The van der Waals surface area contributed by atoms with Gasteiger partial charge in [-0.25, -0.2) is 8.42 Å². The molecule has 11 rings (SSSR count). The van der Waals surface area contributed by atoms with Crippen LogP contribution in [0.1, 0.15) is 207 Å². The molecular formula is C75H103F7O18S2. The number of fused-ring (bicyclic) bond motifs is 3. The lowest BCUT2D eigenvalue weighted by molar-refractivity contribution is -0.409. The summed E-state index contributed by atoms with van der Waals surface area (Å²) in [6.45, 7) is 25.3. The van der Waals surface area contributed by atoms with Gasteiger partial charge in [-0.3, -0.25) is 28.8 Å². The number of hydrogen-bond donors (Lipinski definition) is 2. The molecule has 5 aliphatic carbocycles. The van der Waals surface area contributed by atoms with Crippen LogP contribution in [-0.2, 0) is 72.0 Å². The van der Waals surface area contributed by atoms with Gasteiger partial charge >= 0.3 is 59.0 Å². The van der Waals surface area contributed by atoms with Crippen LogP contribution in [0.25, 0.3) is 25.1 Å². The van der Waals surface area contributed by atoms with Crippen molar-refractivity contribution in [3.63, 3.8) is 0 Å². The van der Waals surface area contributed by atoms with E-state index in [1.165, 1.54) is 38.9 Å². The third-order valence-corrected chi connectivity index (χ3v) is 24.8. The Morgan fingerprint density at radius 3 is 1.49 bits per heavy atom. The largest absolute Gasteiger partial charge is 0.743 e. The van der Waals surface area contributed by atoms with Crippen LogP contribution >= 0.6 is 10.5 Å². The average Bonchev–Trinajstić information content (AvgIpc) is 1.24. The zero-order valence-corrected chi connectivity index (χ0v) is 63.0. The highest BCUT2D eigenvalue weighted by molar-refractivity contribution is 7.86. The van der Waals surface area contributed by atoms with Crippen molar-refractivity contribution in [1.82, 2.24) is 0 Å². The molecule has 18 nitrogen and oxygen atoms in total. The summed E-state index contributed by atoms with van der Waals surface area (Å²) >= 11 is 0. The van der Waals surface area contributed by atoms with Gasteiger partial charge in [0.05, 0.1) is 45.7 Å². The molecule has 3 aromatic carbocycles. The van der Waals surface area contributed by atoms with Crippen LogP contribution in [0.3, 0.4) is 0 Å². The first-order valence-electron chi connectivity index (χ1n) is 34.9. The van der Waals surface area contributed by atoms with E-state index in [2.05, 4.69) is 88.3 Å². The molecule has 102 heavy (non-hydrogen) atoms. The van der Waals surface area contributed by atoms with Crippen molar-refractivity contribution < 1.29 is 116 Å². The Labute approximate surface area is 596 Å². The Morgan fingerprint density at radius 1 is 0.647 bits per heavy atom. The average molecular weight is 1490 g/mol. The van der Waals surface area contributed by atoms with Crippen molar-refractivity contribution in [3.05, 3.63) is 78.9 Å². The minimum atomic E-state index is -5.98. The molecule has 6 atom stereocenters. The smallest absolute Gasteiger partial charge is 0.449 e. The minimum absolute atomic E-state index is 0.0434. The van der Waals surface area contributed by atoms with E-state index in [1.54, 1.807) is 20.8 Å². The maximum atomic E-state index is 14.0.